The number of carbonyl (C=O) groups excluding carboxylic acids is 1. The maximum atomic E-state index is 12.3. The topological polar surface area (TPSA) is 44.1 Å². The van der Waals surface area contributed by atoms with E-state index in [9.17, 15) is 4.79 Å². The summed E-state index contributed by atoms with van der Waals surface area (Å²) in [6.45, 7) is 4.94. The number of thiophene rings is 1. The summed E-state index contributed by atoms with van der Waals surface area (Å²) >= 11 is 8.10. The monoisotopic (exact) mass is 442 g/mol. The Morgan fingerprint density at radius 1 is 1.27 bits per heavy atom. The van der Waals surface area contributed by atoms with Crippen LogP contribution >= 0.6 is 22.9 Å². The maximum Gasteiger partial charge on any atom is 0.331 e. The molecular weight excluding hydrogens is 416 g/mol. The first kappa shape index (κ1) is 22.3. The van der Waals surface area contributed by atoms with Crippen molar-refractivity contribution in [2.45, 2.75) is 46.1 Å². The average molecular weight is 443 g/mol. The fourth-order valence-corrected chi connectivity index (χ4v) is 4.20. The van der Waals surface area contributed by atoms with Gasteiger partial charge in [0.15, 0.2) is 0 Å². The minimum Gasteiger partial charge on any atom is -0.463 e. The molecule has 0 aliphatic carbocycles. The van der Waals surface area contributed by atoms with Gasteiger partial charge in [0.2, 0.25) is 0 Å². The molecule has 30 heavy (non-hydrogen) atoms. The van der Waals surface area contributed by atoms with Crippen LogP contribution in [0.15, 0.2) is 53.4 Å². The summed E-state index contributed by atoms with van der Waals surface area (Å²) in [4.78, 5) is 17.0. The standard InChI is InChI=1S/C24H27ClN2O2S/c1-3-5-10-23-26-15-22(27(23)16-19-8-6-7-9-21(19)25)20(14-24(28)29-4-2)13-18-11-12-30-17-18/h6-9,11-12,14-15,17H,3-5,10,13,16H2,1-2H3/b20-14+. The summed E-state index contributed by atoms with van der Waals surface area (Å²) in [7, 11) is 0. The number of imidazole rings is 1. The molecule has 0 spiro atoms. The van der Waals surface area contributed by atoms with E-state index in [4.69, 9.17) is 21.3 Å². The molecule has 0 amide bonds. The maximum absolute atomic E-state index is 12.3. The van der Waals surface area contributed by atoms with E-state index in [2.05, 4.69) is 22.9 Å². The van der Waals surface area contributed by atoms with Gasteiger partial charge in [0.05, 0.1) is 25.0 Å². The zero-order valence-electron chi connectivity index (χ0n) is 17.4. The lowest BCUT2D eigenvalue weighted by molar-refractivity contribution is -0.137. The Morgan fingerprint density at radius 2 is 2.10 bits per heavy atom. The van der Waals surface area contributed by atoms with Crippen LogP contribution in [0.5, 0.6) is 0 Å². The molecule has 3 rings (SSSR count). The van der Waals surface area contributed by atoms with Gasteiger partial charge in [0.1, 0.15) is 5.82 Å². The molecule has 1 aromatic carbocycles. The molecule has 0 radical (unpaired) electrons. The number of aromatic nitrogens is 2. The van der Waals surface area contributed by atoms with Crippen LogP contribution in [0.1, 0.15) is 49.3 Å². The lowest BCUT2D eigenvalue weighted by Gasteiger charge is -2.15. The number of hydrogen-bond acceptors (Lipinski definition) is 4. The summed E-state index contributed by atoms with van der Waals surface area (Å²) in [5.74, 6) is 0.676. The molecule has 0 aliphatic heterocycles. The van der Waals surface area contributed by atoms with Crippen LogP contribution in [-0.4, -0.2) is 22.1 Å². The second-order valence-electron chi connectivity index (χ2n) is 7.07. The first-order valence-corrected chi connectivity index (χ1v) is 11.6. The van der Waals surface area contributed by atoms with Gasteiger partial charge >= 0.3 is 5.97 Å². The van der Waals surface area contributed by atoms with Crippen molar-refractivity contribution in [1.82, 2.24) is 9.55 Å². The van der Waals surface area contributed by atoms with Crippen LogP contribution in [0.2, 0.25) is 5.02 Å². The van der Waals surface area contributed by atoms with Crippen molar-refractivity contribution in [3.8, 4) is 0 Å². The van der Waals surface area contributed by atoms with Gasteiger partial charge in [-0.1, -0.05) is 43.1 Å². The highest BCUT2D eigenvalue weighted by Crippen LogP contribution is 2.26. The van der Waals surface area contributed by atoms with Crippen molar-refractivity contribution in [2.24, 2.45) is 0 Å². The Labute approximate surface area is 187 Å². The number of halogens is 1. The Hall–Kier alpha value is -2.37. The minimum atomic E-state index is -0.330. The van der Waals surface area contributed by atoms with E-state index in [1.807, 2.05) is 42.8 Å². The Bertz CT molecular complexity index is 993. The zero-order valence-corrected chi connectivity index (χ0v) is 19.0. The van der Waals surface area contributed by atoms with Crippen LogP contribution < -0.4 is 0 Å². The smallest absolute Gasteiger partial charge is 0.331 e. The van der Waals surface area contributed by atoms with Gasteiger partial charge in [-0.25, -0.2) is 9.78 Å². The van der Waals surface area contributed by atoms with E-state index in [1.165, 1.54) is 0 Å². The highest BCUT2D eigenvalue weighted by atomic mass is 35.5. The quantitative estimate of drug-likeness (QED) is 0.278. The Morgan fingerprint density at radius 3 is 2.80 bits per heavy atom. The van der Waals surface area contributed by atoms with Crippen molar-refractivity contribution in [3.05, 3.63) is 81.0 Å². The van der Waals surface area contributed by atoms with Gasteiger partial charge in [-0.3, -0.25) is 0 Å². The van der Waals surface area contributed by atoms with Crippen LogP contribution in [0.4, 0.5) is 0 Å². The number of hydrogen-bond donors (Lipinski definition) is 0. The van der Waals surface area contributed by atoms with Crippen LogP contribution in [0.3, 0.4) is 0 Å². The zero-order chi connectivity index (χ0) is 21.3. The SMILES string of the molecule is CCCCc1ncc(/C(=C/C(=O)OCC)Cc2ccsc2)n1Cc1ccccc1Cl. The molecule has 0 saturated carbocycles. The van der Waals surface area contributed by atoms with Gasteiger partial charge in [-0.2, -0.15) is 11.3 Å². The van der Waals surface area contributed by atoms with E-state index < -0.39 is 0 Å². The van der Waals surface area contributed by atoms with Gasteiger partial charge in [-0.05, 0) is 52.9 Å². The molecule has 3 aromatic rings. The van der Waals surface area contributed by atoms with Crippen LogP contribution in [-0.2, 0) is 28.9 Å². The van der Waals surface area contributed by atoms with Gasteiger partial charge < -0.3 is 9.30 Å². The molecule has 158 valence electrons. The minimum absolute atomic E-state index is 0.330. The van der Waals surface area contributed by atoms with Crippen molar-refractivity contribution in [1.29, 1.82) is 0 Å². The molecule has 0 unspecified atom stereocenters. The predicted molar refractivity (Wildman–Crippen MR) is 124 cm³/mol. The summed E-state index contributed by atoms with van der Waals surface area (Å²) in [6.07, 6.45) is 7.15. The fraction of sp³-hybridized carbons (Fsp3) is 0.333. The second kappa shape index (κ2) is 11.1. The number of unbranched alkanes of at least 4 members (excludes halogenated alkanes) is 1. The number of esters is 1. The molecule has 4 nitrogen and oxygen atoms in total. The normalized spacial score (nSPS) is 11.6. The van der Waals surface area contributed by atoms with E-state index >= 15 is 0 Å². The van der Waals surface area contributed by atoms with E-state index in [0.29, 0.717) is 19.6 Å². The molecule has 2 aromatic heterocycles. The molecule has 0 bridgehead atoms. The van der Waals surface area contributed by atoms with Crippen molar-refractivity contribution in [3.63, 3.8) is 0 Å². The molecular formula is C24H27ClN2O2S. The van der Waals surface area contributed by atoms with Gasteiger partial charge in [0, 0.05) is 23.9 Å². The third kappa shape index (κ3) is 5.83. The third-order valence-corrected chi connectivity index (χ3v) is 5.96. The lowest BCUT2D eigenvalue weighted by atomic mass is 10.0. The van der Waals surface area contributed by atoms with Crippen LogP contribution in [0, 0.1) is 0 Å². The molecule has 0 fully saturated rings. The molecule has 2 heterocycles. The summed E-state index contributed by atoms with van der Waals surface area (Å²) in [5, 5.41) is 4.88. The first-order valence-electron chi connectivity index (χ1n) is 10.3. The number of nitrogens with zero attached hydrogens (tertiary/aromatic N) is 2. The van der Waals surface area contributed by atoms with Crippen molar-refractivity contribution < 1.29 is 9.53 Å². The van der Waals surface area contributed by atoms with Crippen LogP contribution in [0.25, 0.3) is 5.57 Å². The molecule has 0 aliphatic rings. The predicted octanol–water partition coefficient (Wildman–Crippen LogP) is 6.18. The number of aryl methyl sites for hydroxylation is 1. The number of benzene rings is 1. The summed E-state index contributed by atoms with van der Waals surface area (Å²) < 4.78 is 7.39. The first-order chi connectivity index (χ1) is 14.6. The van der Waals surface area contributed by atoms with E-state index in [0.717, 1.165) is 52.5 Å². The molecule has 6 heteroatoms. The number of allylic oxidation sites excluding steroid dienone is 1. The summed E-state index contributed by atoms with van der Waals surface area (Å²) in [6, 6.07) is 9.94. The van der Waals surface area contributed by atoms with E-state index in [1.54, 1.807) is 17.4 Å². The third-order valence-electron chi connectivity index (χ3n) is 4.86. The van der Waals surface area contributed by atoms with E-state index in [-0.39, 0.29) is 5.97 Å². The summed E-state index contributed by atoms with van der Waals surface area (Å²) in [5.41, 5.74) is 4.02. The van der Waals surface area contributed by atoms with Gasteiger partial charge in [0.25, 0.3) is 0 Å². The van der Waals surface area contributed by atoms with Gasteiger partial charge in [-0.15, -0.1) is 0 Å². The number of rotatable bonds is 10. The average Bonchev–Trinajstić information content (AvgIpc) is 3.38. The second-order valence-corrected chi connectivity index (χ2v) is 8.26. The fourth-order valence-electron chi connectivity index (χ4n) is 3.33. The van der Waals surface area contributed by atoms with Crippen molar-refractivity contribution >= 4 is 34.5 Å². The molecule has 0 N–H and O–H groups in total. The Kier molecular flexibility index (Phi) is 8.29. The molecule has 0 atom stereocenters. The lowest BCUT2D eigenvalue weighted by Crippen LogP contribution is -2.11. The molecule has 0 saturated heterocycles. The highest BCUT2D eigenvalue weighted by molar-refractivity contribution is 7.07. The Balaban J connectivity index is 2.04. The largest absolute Gasteiger partial charge is 0.463 e. The number of ether oxygens (including phenoxy) is 1. The highest BCUT2D eigenvalue weighted by Gasteiger charge is 2.17. The number of carbonyl (C=O) groups is 1. The van der Waals surface area contributed by atoms with Crippen molar-refractivity contribution in [2.75, 3.05) is 6.61 Å².